The number of hydrogen-bond acceptors (Lipinski definition) is 32. The average molecular weight is 1350 g/mol. The van der Waals surface area contributed by atoms with Gasteiger partial charge < -0.3 is 92.4 Å². The van der Waals surface area contributed by atoms with Crippen LogP contribution in [0.1, 0.15) is 64.9 Å². The van der Waals surface area contributed by atoms with Gasteiger partial charge in [-0.05, 0) is 59.6 Å². The van der Waals surface area contributed by atoms with Crippen LogP contribution in [0.4, 0.5) is 11.6 Å². The van der Waals surface area contributed by atoms with E-state index >= 15 is 0 Å². The van der Waals surface area contributed by atoms with Gasteiger partial charge in [0.2, 0.25) is 5.72 Å². The van der Waals surface area contributed by atoms with Gasteiger partial charge in [0.05, 0.1) is 6.61 Å². The van der Waals surface area contributed by atoms with Crippen molar-refractivity contribution in [2.24, 2.45) is 20.5 Å². The zero-order valence-electron chi connectivity index (χ0n) is 51.5. The van der Waals surface area contributed by atoms with Crippen molar-refractivity contribution in [1.29, 1.82) is 0 Å². The van der Waals surface area contributed by atoms with E-state index in [9.17, 15) is 29.1 Å². The summed E-state index contributed by atoms with van der Waals surface area (Å²) in [5, 5.41) is 24.4. The second kappa shape index (κ2) is 29.0. The van der Waals surface area contributed by atoms with Crippen LogP contribution in [0.15, 0.2) is 112 Å². The van der Waals surface area contributed by atoms with E-state index in [1.54, 1.807) is 43.8 Å². The van der Waals surface area contributed by atoms with E-state index in [0.717, 1.165) is 9.13 Å². The number of aromatic amines is 1. The number of nitrogens with two attached hydrogens (primary N) is 2. The number of rotatable bonds is 17. The number of ether oxygens (including phenoxy) is 16. The Bertz CT molecular complexity index is 4000. The number of aliphatic hydroxyl groups is 1. The molecule has 8 aliphatic heterocycles. The third kappa shape index (κ3) is 13.0. The number of nitrogens with one attached hydrogen (secondary N) is 1. The molecule has 0 amide bonds. The summed E-state index contributed by atoms with van der Waals surface area (Å²) in [5.74, 6) is 0.553. The predicted molar refractivity (Wildman–Crippen MR) is 311 cm³/mol. The molecule has 0 saturated carbocycles. The maximum absolute atomic E-state index is 12.6. The van der Waals surface area contributed by atoms with Crippen molar-refractivity contribution >= 4 is 11.6 Å². The quantitative estimate of drug-likeness (QED) is 0.0569. The van der Waals surface area contributed by atoms with Gasteiger partial charge in [0.15, 0.2) is 42.1 Å². The Balaban J connectivity index is 0.000000140. The first-order valence-electron chi connectivity index (χ1n) is 28.8. The van der Waals surface area contributed by atoms with Crippen molar-refractivity contribution < 1.29 is 80.9 Å². The fourth-order valence-corrected chi connectivity index (χ4v) is 11.6. The zero-order valence-corrected chi connectivity index (χ0v) is 51.5. The summed E-state index contributed by atoms with van der Waals surface area (Å²) in [7, 11) is 5.59. The van der Waals surface area contributed by atoms with E-state index in [4.69, 9.17) is 109 Å². The number of azide groups is 4. The molecule has 96 heavy (non-hydrogen) atoms. The number of H-pyrrole nitrogens is 1. The van der Waals surface area contributed by atoms with Crippen molar-refractivity contribution in [3.8, 4) is 5.82 Å². The molecule has 5 aromatic rings. The van der Waals surface area contributed by atoms with Crippen LogP contribution in [0.25, 0.3) is 47.6 Å². The van der Waals surface area contributed by atoms with E-state index < -0.39 is 157 Å². The number of aromatic nitrogens is 10. The molecule has 8 aliphatic rings. The van der Waals surface area contributed by atoms with Crippen LogP contribution >= 0.6 is 0 Å². The lowest BCUT2D eigenvalue weighted by atomic mass is 10.0. The molecule has 8 saturated heterocycles. The van der Waals surface area contributed by atoms with Crippen LogP contribution < -0.4 is 39.8 Å². The van der Waals surface area contributed by atoms with Crippen molar-refractivity contribution in [3.05, 3.63) is 162 Å². The molecule has 0 radical (unpaired) electrons. The van der Waals surface area contributed by atoms with Gasteiger partial charge in [-0.1, -0.05) is 41.2 Å². The van der Waals surface area contributed by atoms with Gasteiger partial charge in [-0.15, -0.1) is 0 Å². The maximum Gasteiger partial charge on any atom is 0.351 e. The normalized spacial score (nSPS) is 34.8. The molecule has 46 nitrogen and oxygen atoms in total. The fourth-order valence-electron chi connectivity index (χ4n) is 11.6. The van der Waals surface area contributed by atoms with Gasteiger partial charge in [-0.3, -0.25) is 32.6 Å². The smallest absolute Gasteiger partial charge is 0.351 e. The lowest BCUT2D eigenvalue weighted by Gasteiger charge is -2.27. The highest BCUT2D eigenvalue weighted by atomic mass is 16.9. The largest absolute Gasteiger partial charge is 0.393 e. The first-order chi connectivity index (χ1) is 46.2. The van der Waals surface area contributed by atoms with Crippen molar-refractivity contribution in [1.82, 2.24) is 47.8 Å². The number of nitrogen functional groups attached to an aromatic ring is 2. The van der Waals surface area contributed by atoms with Crippen LogP contribution in [-0.2, 0) is 75.8 Å². The second-order valence-electron chi connectivity index (χ2n) is 21.2. The topological polar surface area (TPSA) is 592 Å². The van der Waals surface area contributed by atoms with Crippen LogP contribution in [0, 0.1) is 0 Å². The summed E-state index contributed by atoms with van der Waals surface area (Å²) in [6.45, 7) is 0.763. The summed E-state index contributed by atoms with van der Waals surface area (Å²) in [6.07, 6.45) is 1.44. The Morgan fingerprint density at radius 2 is 0.854 bits per heavy atom. The number of anilines is 2. The molecule has 6 N–H and O–H groups in total. The van der Waals surface area contributed by atoms with Crippen LogP contribution in [0.2, 0.25) is 0 Å². The third-order valence-corrected chi connectivity index (χ3v) is 16.1. The van der Waals surface area contributed by atoms with Crippen molar-refractivity contribution in [3.63, 3.8) is 0 Å². The molecule has 8 fully saturated rings. The van der Waals surface area contributed by atoms with E-state index in [1.165, 1.54) is 86.9 Å². The molecule has 514 valence electrons. The lowest BCUT2D eigenvalue weighted by Crippen LogP contribution is -2.43. The predicted octanol–water partition coefficient (Wildman–Crippen LogP) is 0.837. The third-order valence-electron chi connectivity index (χ3n) is 16.1. The van der Waals surface area contributed by atoms with E-state index in [0.29, 0.717) is 25.1 Å². The van der Waals surface area contributed by atoms with Gasteiger partial charge in [0, 0.05) is 91.3 Å². The zero-order chi connectivity index (χ0) is 68.9. The van der Waals surface area contributed by atoms with Gasteiger partial charge in [0.25, 0.3) is 31.5 Å². The Kier molecular flexibility index (Phi) is 21.0. The number of aliphatic hydroxyl groups excluding tert-OH is 1. The Labute approximate surface area is 536 Å². The van der Waals surface area contributed by atoms with Gasteiger partial charge in [-0.25, -0.2) is 24.2 Å². The number of fused-ring (bicyclic) bond motifs is 4. The summed E-state index contributed by atoms with van der Waals surface area (Å²) in [6, 6.07) is 5.69. The first kappa shape index (κ1) is 69.5. The monoisotopic (exact) mass is 1350 g/mol. The number of methoxy groups -OCH3 is 4. The molecule has 3 unspecified atom stereocenters. The number of nitrogens with zero attached hydrogens (tertiary/aromatic N) is 21. The number of imidazole rings is 1. The molecule has 0 bridgehead atoms. The molecule has 13 rings (SSSR count). The number of hydrogen-bond donors (Lipinski definition) is 4. The first-order valence-corrected chi connectivity index (χ1v) is 28.8. The standard InChI is InChI=1S/C15H17N7O5.C12H16N6O5.C12H15N5O6.C11H14N6O6/c1-3-15(19-20-16)11-10(25-14(24-2)26-11)12(27-15)22-6-4-9(18-13(22)23)21-7-5-17-8-21;1-3-12(16-17-14)8-7(21-11(20-2)22-8)9(23-12)18-5-4-6(13)15-10(18)19;1-3-12(15-16-13)8-7(21-11(20-2)22-8)9(23-12)17-5-4-6(18)14-10(17)19;1-20-10-21-6-7(22-10)11(4-18,15-16-13)23-8(6)17-3-2-5(12)14-9(17)19/h4-8,10-12,14H,3H2,1-2H3;4-5,7-9,11H,3H2,1-2H3,(H2,13,15,19);4-5,7-9,11H,3H2,1-2H3,(H,14,18,19);2-3,6-8,10,18H,4H2,1H3,(H2,12,14,19)/t10-,11+,12-,14-,15-;2*7?,8-,9+,11+,12+;6?,7-,8+,10+,11+/m1000/s1. The van der Waals surface area contributed by atoms with Crippen LogP contribution in [0.5, 0.6) is 0 Å². The molecule has 0 aromatic carbocycles. The Morgan fingerprint density at radius 3 is 1.18 bits per heavy atom. The minimum absolute atomic E-state index is 0.0441. The van der Waals surface area contributed by atoms with Crippen molar-refractivity contribution in [2.75, 3.05) is 46.5 Å². The molecule has 13 heterocycles. The molecular formula is C50H62N24O22. The van der Waals surface area contributed by atoms with Gasteiger partial charge in [0.1, 0.15) is 72.6 Å². The van der Waals surface area contributed by atoms with E-state index in [-0.39, 0.29) is 11.6 Å². The second-order valence-corrected chi connectivity index (χ2v) is 21.2. The Morgan fingerprint density at radius 1 is 0.510 bits per heavy atom. The summed E-state index contributed by atoms with van der Waals surface area (Å²) in [4.78, 5) is 88.6. The highest BCUT2D eigenvalue weighted by Crippen LogP contribution is 2.51. The lowest BCUT2D eigenvalue weighted by molar-refractivity contribution is -0.270. The minimum Gasteiger partial charge on any atom is -0.393 e. The molecule has 0 spiro atoms. The molecular weight excluding hydrogens is 1290 g/mol. The van der Waals surface area contributed by atoms with Crippen LogP contribution in [0.3, 0.4) is 0 Å². The molecule has 5 aromatic heterocycles. The van der Waals surface area contributed by atoms with E-state index in [2.05, 4.69) is 65.0 Å². The highest BCUT2D eigenvalue weighted by molar-refractivity contribution is 5.25. The summed E-state index contributed by atoms with van der Waals surface area (Å²) >= 11 is 0. The summed E-state index contributed by atoms with van der Waals surface area (Å²) < 4.78 is 94.5. The van der Waals surface area contributed by atoms with Crippen LogP contribution in [-0.4, -0.2) is 186 Å². The van der Waals surface area contributed by atoms with Crippen molar-refractivity contribution in [2.45, 2.75) is 163 Å². The minimum atomic E-state index is -1.75. The average Bonchev–Trinajstić information content (AvgIpc) is 1.62. The van der Waals surface area contributed by atoms with Gasteiger partial charge >= 0.3 is 22.8 Å². The highest BCUT2D eigenvalue weighted by Gasteiger charge is 2.65. The van der Waals surface area contributed by atoms with Gasteiger partial charge in [-0.2, -0.15) is 15.0 Å². The molecule has 20 atom stereocenters. The molecule has 46 heteroatoms. The van der Waals surface area contributed by atoms with E-state index in [1.807, 2.05) is 0 Å². The SMILES string of the molecule is CC[C@@]1(N=[N+]=[N-])O[C@@H](n2ccc(-n3ccnc3)nc2=O)[C@@H]2O[C@@H](OC)O[C@@H]21.CC[C@@]1(N=[N+]=[N-])O[C@@H](n2ccc(=O)[nH]c2=O)C2O[C@@H](OC)O[C@@H]21.CC[C@@]1(N=[N+]=[N-])O[C@@H](n2ccc(N)nc2=O)C2O[C@@H](OC)O[C@@H]21.CO[C@@H]1OC2[C@H](n3ccc(N)nc3=O)O[C@@](CO)(N=[N+]=[N-])[C@H]2O1. The summed E-state index contributed by atoms with van der Waals surface area (Å²) in [5.41, 5.74) is 37.6. The molecule has 0 aliphatic carbocycles. The fraction of sp³-hybridized carbons (Fsp3) is 0.620. The Hall–Kier alpha value is -9.31. The maximum atomic E-state index is 12.6.